The number of amides is 1. The third-order valence-corrected chi connectivity index (χ3v) is 3.35. The van der Waals surface area contributed by atoms with Crippen LogP contribution in [0.15, 0.2) is 30.3 Å². The average molecular weight is 283 g/mol. The largest absolute Gasteiger partial charge is 0.373 e. The maximum atomic E-state index is 12.7. The molecule has 0 saturated carbocycles. The van der Waals surface area contributed by atoms with Gasteiger partial charge in [0.15, 0.2) is 0 Å². The Morgan fingerprint density at radius 2 is 1.67 bits per heavy atom. The molecule has 1 amide bonds. The first-order chi connectivity index (χ1) is 9.90. The molecule has 0 unspecified atom stereocenters. The van der Waals surface area contributed by atoms with Crippen LogP contribution in [0.3, 0.4) is 0 Å². The molecule has 0 saturated heterocycles. The summed E-state index contributed by atoms with van der Waals surface area (Å²) in [4.78, 5) is 18.6. The first-order valence-corrected chi connectivity index (χ1v) is 6.93. The highest BCUT2D eigenvalue weighted by molar-refractivity contribution is 6.06. The van der Waals surface area contributed by atoms with Crippen LogP contribution in [0.25, 0.3) is 0 Å². The van der Waals surface area contributed by atoms with Gasteiger partial charge in [0.25, 0.3) is 5.91 Å². The quantitative estimate of drug-likeness (QED) is 0.939. The van der Waals surface area contributed by atoms with Crippen LogP contribution in [0.4, 0.5) is 11.5 Å². The lowest BCUT2D eigenvalue weighted by atomic mass is 10.1. The zero-order valence-electron chi connectivity index (χ0n) is 13.2. The molecule has 110 valence electrons. The Bertz CT molecular complexity index is 659. The van der Waals surface area contributed by atoms with Gasteiger partial charge < -0.3 is 10.2 Å². The summed E-state index contributed by atoms with van der Waals surface area (Å²) in [6, 6.07) is 9.70. The standard InChI is InChI=1S/C17H21N3O/c1-11-6-12(2)8-15(7-11)20(5)17(21)14-9-13(3)19-16(10-14)18-4/h6-10H,1-5H3,(H,18,19). The van der Waals surface area contributed by atoms with Crippen LogP contribution in [0.5, 0.6) is 0 Å². The van der Waals surface area contributed by atoms with Crippen molar-refractivity contribution in [1.29, 1.82) is 0 Å². The summed E-state index contributed by atoms with van der Waals surface area (Å²) in [5.41, 5.74) is 4.64. The third-order valence-electron chi connectivity index (χ3n) is 3.35. The molecule has 4 nitrogen and oxygen atoms in total. The van der Waals surface area contributed by atoms with E-state index in [0.717, 1.165) is 22.5 Å². The highest BCUT2D eigenvalue weighted by Gasteiger charge is 2.15. The lowest BCUT2D eigenvalue weighted by Crippen LogP contribution is -2.26. The molecular formula is C17H21N3O. The molecular weight excluding hydrogens is 262 g/mol. The Labute approximate surface area is 125 Å². The minimum atomic E-state index is -0.0398. The van der Waals surface area contributed by atoms with E-state index in [1.54, 1.807) is 25.1 Å². The number of pyridine rings is 1. The smallest absolute Gasteiger partial charge is 0.258 e. The predicted molar refractivity (Wildman–Crippen MR) is 87.2 cm³/mol. The number of carbonyl (C=O) groups excluding carboxylic acids is 1. The normalized spacial score (nSPS) is 10.3. The molecule has 0 aliphatic heterocycles. The van der Waals surface area contributed by atoms with E-state index in [1.807, 2.05) is 39.0 Å². The first kappa shape index (κ1) is 15.0. The monoisotopic (exact) mass is 283 g/mol. The van der Waals surface area contributed by atoms with Crippen LogP contribution in [-0.4, -0.2) is 25.0 Å². The fourth-order valence-electron chi connectivity index (χ4n) is 2.38. The van der Waals surface area contributed by atoms with Gasteiger partial charge in [0, 0.05) is 31.0 Å². The molecule has 0 aliphatic rings. The van der Waals surface area contributed by atoms with Crippen LogP contribution in [-0.2, 0) is 0 Å². The number of aryl methyl sites for hydroxylation is 3. The fraction of sp³-hybridized carbons (Fsp3) is 0.294. The van der Waals surface area contributed by atoms with Crippen molar-refractivity contribution in [2.75, 3.05) is 24.3 Å². The van der Waals surface area contributed by atoms with Gasteiger partial charge in [0.1, 0.15) is 5.82 Å². The second kappa shape index (κ2) is 5.95. The van der Waals surface area contributed by atoms with Crippen molar-refractivity contribution in [1.82, 2.24) is 4.98 Å². The maximum absolute atomic E-state index is 12.7. The Kier molecular flexibility index (Phi) is 4.26. The van der Waals surface area contributed by atoms with E-state index in [-0.39, 0.29) is 5.91 Å². The molecule has 0 spiro atoms. The summed E-state index contributed by atoms with van der Waals surface area (Å²) in [6.45, 7) is 5.95. The van der Waals surface area contributed by atoms with Crippen molar-refractivity contribution in [2.45, 2.75) is 20.8 Å². The first-order valence-electron chi connectivity index (χ1n) is 6.93. The van der Waals surface area contributed by atoms with Crippen molar-refractivity contribution in [3.63, 3.8) is 0 Å². The lowest BCUT2D eigenvalue weighted by Gasteiger charge is -2.19. The third kappa shape index (κ3) is 3.40. The molecule has 0 radical (unpaired) electrons. The van der Waals surface area contributed by atoms with Gasteiger partial charge in [-0.25, -0.2) is 4.98 Å². The second-order valence-corrected chi connectivity index (χ2v) is 5.34. The molecule has 0 aliphatic carbocycles. The van der Waals surface area contributed by atoms with Crippen molar-refractivity contribution < 1.29 is 4.79 Å². The van der Waals surface area contributed by atoms with Crippen molar-refractivity contribution in [3.8, 4) is 0 Å². The number of nitrogens with one attached hydrogen (secondary N) is 1. The highest BCUT2D eigenvalue weighted by Crippen LogP contribution is 2.20. The van der Waals surface area contributed by atoms with Crippen molar-refractivity contribution in [2.24, 2.45) is 0 Å². The van der Waals surface area contributed by atoms with Crippen molar-refractivity contribution >= 4 is 17.4 Å². The van der Waals surface area contributed by atoms with Gasteiger partial charge in [-0.3, -0.25) is 4.79 Å². The van der Waals surface area contributed by atoms with E-state index >= 15 is 0 Å². The zero-order valence-corrected chi connectivity index (χ0v) is 13.2. The zero-order chi connectivity index (χ0) is 15.6. The minimum absolute atomic E-state index is 0.0398. The van der Waals surface area contributed by atoms with Gasteiger partial charge in [-0.15, -0.1) is 0 Å². The minimum Gasteiger partial charge on any atom is -0.373 e. The molecule has 4 heteroatoms. The summed E-state index contributed by atoms with van der Waals surface area (Å²) < 4.78 is 0. The Morgan fingerprint density at radius 1 is 1.05 bits per heavy atom. The van der Waals surface area contributed by atoms with Crippen LogP contribution in [0, 0.1) is 20.8 Å². The van der Waals surface area contributed by atoms with Crippen LogP contribution >= 0.6 is 0 Å². The number of anilines is 2. The van der Waals surface area contributed by atoms with Gasteiger partial charge in [0.05, 0.1) is 0 Å². The van der Waals surface area contributed by atoms with Gasteiger partial charge in [-0.2, -0.15) is 0 Å². The average Bonchev–Trinajstić information content (AvgIpc) is 2.43. The Hall–Kier alpha value is -2.36. The predicted octanol–water partition coefficient (Wildman–Crippen LogP) is 3.33. The number of hydrogen-bond acceptors (Lipinski definition) is 3. The summed E-state index contributed by atoms with van der Waals surface area (Å²) in [5, 5.41) is 2.98. The van der Waals surface area contributed by atoms with Crippen LogP contribution < -0.4 is 10.2 Å². The molecule has 2 rings (SSSR count). The van der Waals surface area contributed by atoms with Gasteiger partial charge >= 0.3 is 0 Å². The van der Waals surface area contributed by atoms with Crippen LogP contribution in [0.2, 0.25) is 0 Å². The van der Waals surface area contributed by atoms with Crippen LogP contribution in [0.1, 0.15) is 27.2 Å². The summed E-state index contributed by atoms with van der Waals surface area (Å²) in [7, 11) is 3.59. The van der Waals surface area contributed by atoms with Gasteiger partial charge in [-0.05, 0) is 56.2 Å². The number of aromatic nitrogens is 1. The molecule has 0 bridgehead atoms. The van der Waals surface area contributed by atoms with E-state index in [2.05, 4.69) is 16.4 Å². The molecule has 2 aromatic rings. The molecule has 0 atom stereocenters. The molecule has 21 heavy (non-hydrogen) atoms. The lowest BCUT2D eigenvalue weighted by molar-refractivity contribution is 0.0993. The number of carbonyl (C=O) groups is 1. The molecule has 1 heterocycles. The summed E-state index contributed by atoms with van der Waals surface area (Å²) >= 11 is 0. The molecule has 0 fully saturated rings. The van der Waals surface area contributed by atoms with E-state index in [9.17, 15) is 4.79 Å². The number of nitrogens with zero attached hydrogens (tertiary/aromatic N) is 2. The molecule has 1 aromatic heterocycles. The van der Waals surface area contributed by atoms with E-state index in [0.29, 0.717) is 11.4 Å². The van der Waals surface area contributed by atoms with E-state index in [1.165, 1.54) is 0 Å². The molecule has 1 aromatic carbocycles. The van der Waals surface area contributed by atoms with Gasteiger partial charge in [-0.1, -0.05) is 6.07 Å². The summed E-state index contributed by atoms with van der Waals surface area (Å²) in [6.07, 6.45) is 0. The second-order valence-electron chi connectivity index (χ2n) is 5.34. The Balaban J connectivity index is 2.36. The number of rotatable bonds is 3. The van der Waals surface area contributed by atoms with Crippen molar-refractivity contribution in [3.05, 3.63) is 52.7 Å². The topological polar surface area (TPSA) is 45.2 Å². The number of hydrogen-bond donors (Lipinski definition) is 1. The SMILES string of the molecule is CNc1cc(C(=O)N(C)c2cc(C)cc(C)c2)cc(C)n1. The summed E-state index contributed by atoms with van der Waals surface area (Å²) in [5.74, 6) is 0.661. The Morgan fingerprint density at radius 3 is 2.24 bits per heavy atom. The highest BCUT2D eigenvalue weighted by atomic mass is 16.2. The van der Waals surface area contributed by atoms with E-state index in [4.69, 9.17) is 0 Å². The van der Waals surface area contributed by atoms with E-state index < -0.39 is 0 Å². The van der Waals surface area contributed by atoms with Gasteiger partial charge in [0.2, 0.25) is 0 Å². The maximum Gasteiger partial charge on any atom is 0.258 e. The number of benzene rings is 1. The molecule has 1 N–H and O–H groups in total. The fourth-order valence-corrected chi connectivity index (χ4v) is 2.38.